The fraction of sp³-hybridized carbons (Fsp3) is 0. The highest BCUT2D eigenvalue weighted by Crippen LogP contribution is 2.24. The molecule has 0 amide bonds. The molecule has 0 aliphatic carbocycles. The molecule has 1 aromatic carbocycles. The normalized spacial score (nSPS) is 10.4. The largest absolute Gasteiger partial charge is 0.383 e. The zero-order valence-electron chi connectivity index (χ0n) is 9.67. The van der Waals surface area contributed by atoms with Crippen molar-refractivity contribution in [2.24, 2.45) is 0 Å². The van der Waals surface area contributed by atoms with E-state index in [2.05, 4.69) is 15.0 Å². The molecule has 2 aromatic heterocycles. The number of rotatable bonds is 2. The molecule has 0 unspecified atom stereocenters. The number of imidazole rings is 1. The summed E-state index contributed by atoms with van der Waals surface area (Å²) in [6.45, 7) is 0. The zero-order chi connectivity index (χ0) is 12.4. The van der Waals surface area contributed by atoms with E-state index in [0.29, 0.717) is 5.82 Å². The highest BCUT2D eigenvalue weighted by Gasteiger charge is 2.08. The number of aromatic nitrogens is 3. The average Bonchev–Trinajstić information content (AvgIpc) is 2.90. The van der Waals surface area contributed by atoms with Crippen molar-refractivity contribution in [3.8, 4) is 22.6 Å². The van der Waals surface area contributed by atoms with Crippen molar-refractivity contribution >= 4 is 5.82 Å². The van der Waals surface area contributed by atoms with E-state index in [1.165, 1.54) is 0 Å². The number of nitrogens with one attached hydrogen (secondary N) is 1. The molecule has 0 aliphatic heterocycles. The lowest BCUT2D eigenvalue weighted by atomic mass is 10.2. The zero-order valence-corrected chi connectivity index (χ0v) is 9.67. The second-order valence-corrected chi connectivity index (χ2v) is 3.95. The number of anilines is 1. The van der Waals surface area contributed by atoms with Crippen LogP contribution in [0.15, 0.2) is 54.9 Å². The maximum Gasteiger partial charge on any atom is 0.141 e. The fourth-order valence-electron chi connectivity index (χ4n) is 1.84. The third-order valence-electron chi connectivity index (χ3n) is 2.75. The van der Waals surface area contributed by atoms with Gasteiger partial charge in [0.05, 0.1) is 17.5 Å². The molecule has 2 heterocycles. The van der Waals surface area contributed by atoms with Gasteiger partial charge in [-0.1, -0.05) is 30.3 Å². The van der Waals surface area contributed by atoms with Gasteiger partial charge in [-0.15, -0.1) is 0 Å². The van der Waals surface area contributed by atoms with Crippen LogP contribution in [0.25, 0.3) is 22.6 Å². The van der Waals surface area contributed by atoms with E-state index in [9.17, 15) is 0 Å². The Balaban J connectivity index is 2.03. The molecule has 4 nitrogen and oxygen atoms in total. The van der Waals surface area contributed by atoms with Crippen LogP contribution in [0.5, 0.6) is 0 Å². The molecule has 0 saturated heterocycles. The van der Waals surface area contributed by atoms with Gasteiger partial charge in [0.25, 0.3) is 0 Å². The summed E-state index contributed by atoms with van der Waals surface area (Å²) < 4.78 is 0. The van der Waals surface area contributed by atoms with Gasteiger partial charge >= 0.3 is 0 Å². The molecule has 0 aliphatic rings. The summed E-state index contributed by atoms with van der Waals surface area (Å²) in [5.41, 5.74) is 8.71. The number of nitrogens with two attached hydrogens (primary N) is 1. The van der Waals surface area contributed by atoms with E-state index in [1.807, 2.05) is 42.5 Å². The number of benzene rings is 1. The third kappa shape index (κ3) is 1.84. The van der Waals surface area contributed by atoms with Crippen molar-refractivity contribution < 1.29 is 0 Å². The Morgan fingerprint density at radius 1 is 0.944 bits per heavy atom. The molecule has 88 valence electrons. The van der Waals surface area contributed by atoms with Gasteiger partial charge in [-0.2, -0.15) is 0 Å². The van der Waals surface area contributed by atoms with Gasteiger partial charge in [0, 0.05) is 6.20 Å². The molecule has 3 rings (SSSR count). The van der Waals surface area contributed by atoms with Crippen LogP contribution in [0.1, 0.15) is 0 Å². The highest BCUT2D eigenvalue weighted by atomic mass is 14.9. The van der Waals surface area contributed by atoms with Gasteiger partial charge in [0.15, 0.2) is 0 Å². The van der Waals surface area contributed by atoms with Crippen LogP contribution < -0.4 is 5.73 Å². The van der Waals surface area contributed by atoms with E-state index in [-0.39, 0.29) is 0 Å². The Morgan fingerprint density at radius 2 is 1.78 bits per heavy atom. The highest BCUT2D eigenvalue weighted by molar-refractivity contribution is 5.70. The van der Waals surface area contributed by atoms with Crippen LogP contribution >= 0.6 is 0 Å². The number of pyridine rings is 1. The number of hydrogen-bond donors (Lipinski definition) is 2. The lowest BCUT2D eigenvalue weighted by Gasteiger charge is -2.00. The monoisotopic (exact) mass is 236 g/mol. The molecule has 3 N–H and O–H groups in total. The average molecular weight is 236 g/mol. The SMILES string of the molecule is Nc1ncccc1-c1ncc(-c2ccccc2)[nH]1. The Kier molecular flexibility index (Phi) is 2.53. The number of nitrogen functional groups attached to an aromatic ring is 1. The Morgan fingerprint density at radius 3 is 2.56 bits per heavy atom. The first-order valence-electron chi connectivity index (χ1n) is 5.66. The van der Waals surface area contributed by atoms with Gasteiger partial charge in [-0.05, 0) is 17.7 Å². The Labute approximate surface area is 105 Å². The minimum atomic E-state index is 0.478. The molecule has 0 atom stereocenters. The maximum absolute atomic E-state index is 5.83. The second kappa shape index (κ2) is 4.33. The molecule has 0 bridgehead atoms. The van der Waals surface area contributed by atoms with Crippen LogP contribution in [0.3, 0.4) is 0 Å². The van der Waals surface area contributed by atoms with Crippen molar-refractivity contribution in [3.05, 3.63) is 54.9 Å². The minimum Gasteiger partial charge on any atom is -0.383 e. The van der Waals surface area contributed by atoms with Crippen molar-refractivity contribution in [1.29, 1.82) is 0 Å². The first kappa shape index (κ1) is 10.5. The van der Waals surface area contributed by atoms with Gasteiger partial charge in [-0.3, -0.25) is 0 Å². The summed E-state index contributed by atoms with van der Waals surface area (Å²) >= 11 is 0. The topological polar surface area (TPSA) is 67.6 Å². The van der Waals surface area contributed by atoms with E-state index < -0.39 is 0 Å². The van der Waals surface area contributed by atoms with Crippen molar-refractivity contribution in [1.82, 2.24) is 15.0 Å². The number of aromatic amines is 1. The van der Waals surface area contributed by atoms with Crippen LogP contribution in [0.4, 0.5) is 5.82 Å². The number of hydrogen-bond acceptors (Lipinski definition) is 3. The number of H-pyrrole nitrogens is 1. The molecule has 0 radical (unpaired) electrons. The molecular weight excluding hydrogens is 224 g/mol. The summed E-state index contributed by atoms with van der Waals surface area (Å²) in [4.78, 5) is 11.7. The van der Waals surface area contributed by atoms with Crippen molar-refractivity contribution in [2.45, 2.75) is 0 Å². The predicted octanol–water partition coefficient (Wildman–Crippen LogP) is 2.72. The first-order valence-corrected chi connectivity index (χ1v) is 5.66. The smallest absolute Gasteiger partial charge is 0.141 e. The summed E-state index contributed by atoms with van der Waals surface area (Å²) in [5.74, 6) is 1.21. The molecule has 3 aromatic rings. The van der Waals surface area contributed by atoms with E-state index in [0.717, 1.165) is 22.6 Å². The molecule has 4 heteroatoms. The molecule has 0 fully saturated rings. The second-order valence-electron chi connectivity index (χ2n) is 3.95. The number of nitrogens with zero attached hydrogens (tertiary/aromatic N) is 2. The third-order valence-corrected chi connectivity index (χ3v) is 2.75. The molecule has 0 spiro atoms. The molecule has 0 saturated carbocycles. The van der Waals surface area contributed by atoms with Crippen LogP contribution in [-0.2, 0) is 0 Å². The summed E-state index contributed by atoms with van der Waals surface area (Å²) in [5, 5.41) is 0. The molecule has 18 heavy (non-hydrogen) atoms. The lowest BCUT2D eigenvalue weighted by molar-refractivity contribution is 1.27. The van der Waals surface area contributed by atoms with Gasteiger partial charge < -0.3 is 10.7 Å². The van der Waals surface area contributed by atoms with Crippen molar-refractivity contribution in [2.75, 3.05) is 5.73 Å². The quantitative estimate of drug-likeness (QED) is 0.718. The van der Waals surface area contributed by atoms with Gasteiger partial charge in [0.1, 0.15) is 11.6 Å². The molecular formula is C14H12N4. The maximum atomic E-state index is 5.83. The van der Waals surface area contributed by atoms with Crippen LogP contribution in [0, 0.1) is 0 Å². The summed E-state index contributed by atoms with van der Waals surface area (Å²) in [7, 11) is 0. The van der Waals surface area contributed by atoms with E-state index in [1.54, 1.807) is 12.4 Å². The van der Waals surface area contributed by atoms with Crippen LogP contribution in [-0.4, -0.2) is 15.0 Å². The van der Waals surface area contributed by atoms with Crippen LogP contribution in [0.2, 0.25) is 0 Å². The minimum absolute atomic E-state index is 0.478. The van der Waals surface area contributed by atoms with Crippen molar-refractivity contribution in [3.63, 3.8) is 0 Å². The van der Waals surface area contributed by atoms with E-state index >= 15 is 0 Å². The summed E-state index contributed by atoms with van der Waals surface area (Å²) in [6, 6.07) is 13.8. The van der Waals surface area contributed by atoms with Gasteiger partial charge in [-0.25, -0.2) is 9.97 Å². The Hall–Kier alpha value is -2.62. The standard InChI is InChI=1S/C14H12N4/c15-13-11(7-4-8-16-13)14-17-9-12(18-14)10-5-2-1-3-6-10/h1-9H,(H2,15,16)(H,17,18). The fourth-order valence-corrected chi connectivity index (χ4v) is 1.84. The van der Waals surface area contributed by atoms with E-state index in [4.69, 9.17) is 5.73 Å². The Bertz CT molecular complexity index is 658. The lowest BCUT2D eigenvalue weighted by Crippen LogP contribution is -1.93. The van der Waals surface area contributed by atoms with Gasteiger partial charge in [0.2, 0.25) is 0 Å². The summed E-state index contributed by atoms with van der Waals surface area (Å²) in [6.07, 6.45) is 3.47. The predicted molar refractivity (Wildman–Crippen MR) is 71.7 cm³/mol. The first-order chi connectivity index (χ1) is 8.84.